The smallest absolute Gasteiger partial charge is 0.255 e. The normalized spacial score (nSPS) is 10.5. The molecule has 0 saturated heterocycles. The van der Waals surface area contributed by atoms with Crippen molar-refractivity contribution in [2.24, 2.45) is 0 Å². The minimum absolute atomic E-state index is 0.192. The zero-order chi connectivity index (χ0) is 21.3. The van der Waals surface area contributed by atoms with Gasteiger partial charge in [-0.15, -0.1) is 11.8 Å². The molecule has 0 unspecified atom stereocenters. The number of hydrogen-bond acceptors (Lipinski definition) is 3. The first-order valence-corrected chi connectivity index (χ1v) is 11.1. The van der Waals surface area contributed by atoms with E-state index >= 15 is 0 Å². The van der Waals surface area contributed by atoms with Gasteiger partial charge in [0.25, 0.3) is 11.8 Å². The summed E-state index contributed by atoms with van der Waals surface area (Å²) in [7, 11) is 0. The maximum absolute atomic E-state index is 12.7. The van der Waals surface area contributed by atoms with Crippen molar-refractivity contribution >= 4 is 40.9 Å². The Morgan fingerprint density at radius 1 is 0.900 bits per heavy atom. The first-order chi connectivity index (χ1) is 14.6. The Hall–Kier alpha value is -2.76. The van der Waals surface area contributed by atoms with E-state index in [9.17, 15) is 9.59 Å². The zero-order valence-corrected chi connectivity index (χ0v) is 18.2. The summed E-state index contributed by atoms with van der Waals surface area (Å²) < 4.78 is 0. The van der Waals surface area contributed by atoms with E-state index in [0.717, 1.165) is 27.7 Å². The van der Waals surface area contributed by atoms with E-state index < -0.39 is 0 Å². The summed E-state index contributed by atoms with van der Waals surface area (Å²) in [5.74, 6) is 0.356. The summed E-state index contributed by atoms with van der Waals surface area (Å²) in [6.45, 7) is 2.59. The van der Waals surface area contributed by atoms with Crippen molar-refractivity contribution in [3.63, 3.8) is 0 Å². The molecule has 0 aliphatic carbocycles. The lowest BCUT2D eigenvalue weighted by Gasteiger charge is -2.11. The molecule has 0 spiro atoms. The van der Waals surface area contributed by atoms with Crippen molar-refractivity contribution in [1.29, 1.82) is 0 Å². The van der Waals surface area contributed by atoms with Crippen LogP contribution in [0.5, 0.6) is 0 Å². The molecule has 0 aliphatic heterocycles. The van der Waals surface area contributed by atoms with Gasteiger partial charge in [-0.3, -0.25) is 9.59 Å². The van der Waals surface area contributed by atoms with Crippen LogP contribution in [0.2, 0.25) is 5.02 Å². The SMILES string of the molecule is CCCNC(=O)c1ccccc1NC(=O)c1ccc(CSc2ccc(Cl)cc2)cc1. The number of carbonyl (C=O) groups is 2. The molecule has 6 heteroatoms. The molecular weight excluding hydrogens is 416 g/mol. The maximum Gasteiger partial charge on any atom is 0.255 e. The third-order valence-corrected chi connectivity index (χ3v) is 5.73. The van der Waals surface area contributed by atoms with Crippen molar-refractivity contribution < 1.29 is 9.59 Å². The number of nitrogens with one attached hydrogen (secondary N) is 2. The van der Waals surface area contributed by atoms with E-state index in [0.29, 0.717) is 23.4 Å². The molecule has 30 heavy (non-hydrogen) atoms. The molecule has 0 saturated carbocycles. The minimum atomic E-state index is -0.248. The highest BCUT2D eigenvalue weighted by Crippen LogP contribution is 2.24. The largest absolute Gasteiger partial charge is 0.352 e. The first kappa shape index (κ1) is 21.9. The Morgan fingerprint density at radius 3 is 2.30 bits per heavy atom. The van der Waals surface area contributed by atoms with Gasteiger partial charge in [0.05, 0.1) is 11.3 Å². The summed E-state index contributed by atoms with van der Waals surface area (Å²) in [5, 5.41) is 6.41. The van der Waals surface area contributed by atoms with Crippen molar-refractivity contribution in [2.45, 2.75) is 24.0 Å². The maximum atomic E-state index is 12.7. The summed E-state index contributed by atoms with van der Waals surface area (Å²) >= 11 is 7.62. The van der Waals surface area contributed by atoms with Crippen molar-refractivity contribution in [2.75, 3.05) is 11.9 Å². The molecule has 2 N–H and O–H groups in total. The molecule has 0 heterocycles. The van der Waals surface area contributed by atoms with Crippen LogP contribution in [0.4, 0.5) is 5.69 Å². The molecule has 3 aromatic rings. The predicted molar refractivity (Wildman–Crippen MR) is 124 cm³/mol. The molecule has 3 aromatic carbocycles. The second-order valence-corrected chi connectivity index (χ2v) is 8.18. The summed E-state index contributed by atoms with van der Waals surface area (Å²) in [4.78, 5) is 26.1. The van der Waals surface area contributed by atoms with Crippen LogP contribution in [0.3, 0.4) is 0 Å². The number of halogens is 1. The lowest BCUT2D eigenvalue weighted by Crippen LogP contribution is -2.25. The third-order valence-electron chi connectivity index (χ3n) is 4.39. The fourth-order valence-corrected chi connectivity index (χ4v) is 3.75. The quantitative estimate of drug-likeness (QED) is 0.422. The van der Waals surface area contributed by atoms with Crippen LogP contribution in [-0.2, 0) is 5.75 Å². The molecule has 3 rings (SSSR count). The fraction of sp³-hybridized carbons (Fsp3) is 0.167. The van der Waals surface area contributed by atoms with Gasteiger partial charge in [-0.25, -0.2) is 0 Å². The highest BCUT2D eigenvalue weighted by molar-refractivity contribution is 7.98. The van der Waals surface area contributed by atoms with Gasteiger partial charge in [0.2, 0.25) is 0 Å². The van der Waals surface area contributed by atoms with Gasteiger partial charge in [0.1, 0.15) is 0 Å². The molecular formula is C24H23ClN2O2S. The van der Waals surface area contributed by atoms with Gasteiger partial charge in [0.15, 0.2) is 0 Å². The molecule has 0 bridgehead atoms. The molecule has 2 amide bonds. The highest BCUT2D eigenvalue weighted by Gasteiger charge is 2.13. The van der Waals surface area contributed by atoms with E-state index in [2.05, 4.69) is 10.6 Å². The van der Waals surface area contributed by atoms with E-state index in [1.54, 1.807) is 48.2 Å². The Morgan fingerprint density at radius 2 is 1.60 bits per heavy atom. The van der Waals surface area contributed by atoms with Crippen LogP contribution in [0.1, 0.15) is 39.6 Å². The van der Waals surface area contributed by atoms with Gasteiger partial charge in [0, 0.05) is 27.8 Å². The Balaban J connectivity index is 1.62. The monoisotopic (exact) mass is 438 g/mol. The second kappa shape index (κ2) is 10.9. The molecule has 0 fully saturated rings. The number of amides is 2. The van der Waals surface area contributed by atoms with E-state index in [4.69, 9.17) is 11.6 Å². The van der Waals surface area contributed by atoms with Gasteiger partial charge < -0.3 is 10.6 Å². The third kappa shape index (κ3) is 6.12. The Labute approximate surface area is 186 Å². The molecule has 0 aromatic heterocycles. The average molecular weight is 439 g/mol. The van der Waals surface area contributed by atoms with Crippen LogP contribution in [0, 0.1) is 0 Å². The van der Waals surface area contributed by atoms with Gasteiger partial charge in [-0.2, -0.15) is 0 Å². The standard InChI is InChI=1S/C24H23ClN2O2S/c1-2-15-26-24(29)21-5-3-4-6-22(21)27-23(28)18-9-7-17(8-10-18)16-30-20-13-11-19(25)12-14-20/h3-14H,2,15-16H2,1H3,(H,26,29)(H,27,28). The average Bonchev–Trinajstić information content (AvgIpc) is 2.77. The molecule has 0 atom stereocenters. The number of rotatable bonds is 8. The molecule has 154 valence electrons. The minimum Gasteiger partial charge on any atom is -0.352 e. The van der Waals surface area contributed by atoms with Gasteiger partial charge >= 0.3 is 0 Å². The summed E-state index contributed by atoms with van der Waals surface area (Å²) in [6, 6.07) is 22.2. The van der Waals surface area contributed by atoms with E-state index in [1.807, 2.05) is 43.3 Å². The molecule has 0 aliphatic rings. The Kier molecular flexibility index (Phi) is 7.94. The number of carbonyl (C=O) groups excluding carboxylic acids is 2. The van der Waals surface area contributed by atoms with Crippen LogP contribution < -0.4 is 10.6 Å². The van der Waals surface area contributed by atoms with Crippen LogP contribution in [0.25, 0.3) is 0 Å². The van der Waals surface area contributed by atoms with Crippen LogP contribution in [-0.4, -0.2) is 18.4 Å². The van der Waals surface area contributed by atoms with Crippen molar-refractivity contribution in [3.05, 3.63) is 94.5 Å². The predicted octanol–water partition coefficient (Wildman–Crippen LogP) is 6.02. The van der Waals surface area contributed by atoms with Crippen molar-refractivity contribution in [3.8, 4) is 0 Å². The van der Waals surface area contributed by atoms with Crippen molar-refractivity contribution in [1.82, 2.24) is 5.32 Å². The lowest BCUT2D eigenvalue weighted by molar-refractivity contribution is 0.0954. The van der Waals surface area contributed by atoms with Gasteiger partial charge in [-0.1, -0.05) is 42.8 Å². The topological polar surface area (TPSA) is 58.2 Å². The highest BCUT2D eigenvalue weighted by atomic mass is 35.5. The zero-order valence-electron chi connectivity index (χ0n) is 16.7. The lowest BCUT2D eigenvalue weighted by atomic mass is 10.1. The van der Waals surface area contributed by atoms with Crippen LogP contribution >= 0.6 is 23.4 Å². The second-order valence-electron chi connectivity index (χ2n) is 6.70. The molecule has 0 radical (unpaired) electrons. The fourth-order valence-electron chi connectivity index (χ4n) is 2.77. The first-order valence-electron chi connectivity index (χ1n) is 9.72. The van der Waals surface area contributed by atoms with E-state index in [1.165, 1.54) is 0 Å². The number of hydrogen-bond donors (Lipinski definition) is 2. The number of benzene rings is 3. The summed E-state index contributed by atoms with van der Waals surface area (Å²) in [5.41, 5.74) is 2.61. The number of para-hydroxylation sites is 1. The van der Waals surface area contributed by atoms with Gasteiger partial charge in [-0.05, 0) is 60.5 Å². The molecule has 4 nitrogen and oxygen atoms in total. The summed E-state index contributed by atoms with van der Waals surface area (Å²) in [6.07, 6.45) is 0.850. The van der Waals surface area contributed by atoms with E-state index in [-0.39, 0.29) is 11.8 Å². The number of anilines is 1. The number of thioether (sulfide) groups is 1. The Bertz CT molecular complexity index is 1000. The van der Waals surface area contributed by atoms with Crippen LogP contribution in [0.15, 0.2) is 77.7 Å².